The number of halogens is 2. The van der Waals surface area contributed by atoms with Gasteiger partial charge in [-0.15, -0.1) is 0 Å². The number of nitrogens with one attached hydrogen (secondary N) is 1. The molecule has 1 N–H and O–H groups in total. The predicted octanol–water partition coefficient (Wildman–Crippen LogP) is 2.61. The van der Waals surface area contributed by atoms with E-state index in [0.717, 1.165) is 22.7 Å². The minimum atomic E-state index is -3.80. The second kappa shape index (κ2) is 7.00. The first kappa shape index (κ1) is 18.3. The average molecular weight is 401 g/mol. The van der Waals surface area contributed by atoms with Crippen LogP contribution in [0.5, 0.6) is 11.5 Å². The second-order valence-electron chi connectivity index (χ2n) is 5.48. The number of rotatable bonds is 5. The van der Waals surface area contributed by atoms with Crippen LogP contribution in [0.4, 0.5) is 15.8 Å². The van der Waals surface area contributed by atoms with Gasteiger partial charge in [0.05, 0.1) is 17.0 Å². The van der Waals surface area contributed by atoms with E-state index in [0.29, 0.717) is 17.2 Å². The summed E-state index contributed by atoms with van der Waals surface area (Å²) in [7, 11) is -3.80. The smallest absolute Gasteiger partial charge is 0.245 e. The Morgan fingerprint density at radius 1 is 1.23 bits per heavy atom. The predicted molar refractivity (Wildman–Crippen MR) is 94.8 cm³/mol. The molecule has 0 aromatic heterocycles. The third-order valence-electron chi connectivity index (χ3n) is 3.54. The van der Waals surface area contributed by atoms with Crippen LogP contribution in [0.1, 0.15) is 0 Å². The number of hydrogen-bond donors (Lipinski definition) is 1. The van der Waals surface area contributed by atoms with E-state index in [1.54, 1.807) is 18.2 Å². The summed E-state index contributed by atoms with van der Waals surface area (Å²) in [5.41, 5.74) is 0.504. The van der Waals surface area contributed by atoms with Gasteiger partial charge in [-0.05, 0) is 30.3 Å². The molecule has 0 atom stereocenters. The van der Waals surface area contributed by atoms with E-state index < -0.39 is 28.3 Å². The summed E-state index contributed by atoms with van der Waals surface area (Å²) in [5, 5.41) is 2.34. The Balaban J connectivity index is 1.78. The summed E-state index contributed by atoms with van der Waals surface area (Å²) >= 11 is 5.71. The van der Waals surface area contributed by atoms with Crippen molar-refractivity contribution in [2.24, 2.45) is 0 Å². The van der Waals surface area contributed by atoms with Gasteiger partial charge in [0.1, 0.15) is 12.4 Å². The van der Waals surface area contributed by atoms with Crippen LogP contribution in [-0.2, 0) is 14.8 Å². The molecule has 0 bridgehead atoms. The molecule has 0 saturated carbocycles. The maximum atomic E-state index is 13.3. The van der Waals surface area contributed by atoms with E-state index >= 15 is 0 Å². The number of nitrogens with zero attached hydrogens (tertiary/aromatic N) is 1. The van der Waals surface area contributed by atoms with Gasteiger partial charge in [-0.2, -0.15) is 0 Å². The topological polar surface area (TPSA) is 84.9 Å². The highest BCUT2D eigenvalue weighted by molar-refractivity contribution is 7.92. The summed E-state index contributed by atoms with van der Waals surface area (Å²) in [5.74, 6) is -0.238. The number of fused-ring (bicyclic) bond motifs is 1. The molecule has 0 unspecified atom stereocenters. The SMILES string of the molecule is CS(=O)(=O)N(CC(=O)Nc1ccc2c(c1)OCO2)c1ccc(F)c(Cl)c1. The Kier molecular flexibility index (Phi) is 4.92. The molecule has 138 valence electrons. The fourth-order valence-corrected chi connectivity index (χ4v) is 3.37. The van der Waals surface area contributed by atoms with Gasteiger partial charge in [0.2, 0.25) is 22.7 Å². The number of hydrogen-bond acceptors (Lipinski definition) is 5. The van der Waals surface area contributed by atoms with E-state index in [9.17, 15) is 17.6 Å². The molecule has 0 saturated heterocycles. The van der Waals surface area contributed by atoms with Crippen molar-refractivity contribution in [2.45, 2.75) is 0 Å². The zero-order valence-electron chi connectivity index (χ0n) is 13.5. The molecule has 3 rings (SSSR count). The van der Waals surface area contributed by atoms with Crippen molar-refractivity contribution in [1.82, 2.24) is 0 Å². The molecule has 7 nitrogen and oxygen atoms in total. The van der Waals surface area contributed by atoms with Crippen molar-refractivity contribution >= 4 is 38.9 Å². The Morgan fingerprint density at radius 3 is 2.65 bits per heavy atom. The maximum Gasteiger partial charge on any atom is 0.245 e. The van der Waals surface area contributed by atoms with Gasteiger partial charge in [0, 0.05) is 11.8 Å². The van der Waals surface area contributed by atoms with Crippen LogP contribution in [0, 0.1) is 5.82 Å². The zero-order valence-corrected chi connectivity index (χ0v) is 15.1. The molecule has 1 aliphatic heterocycles. The van der Waals surface area contributed by atoms with Gasteiger partial charge in [0.25, 0.3) is 0 Å². The molecule has 1 aliphatic rings. The highest BCUT2D eigenvalue weighted by Gasteiger charge is 2.22. The molecular formula is C16H14ClFN2O5S. The minimum Gasteiger partial charge on any atom is -0.454 e. The number of ether oxygens (including phenoxy) is 2. The highest BCUT2D eigenvalue weighted by atomic mass is 35.5. The molecule has 0 fully saturated rings. The zero-order chi connectivity index (χ0) is 18.9. The Hall–Kier alpha value is -2.52. The third-order valence-corrected chi connectivity index (χ3v) is 4.97. The van der Waals surface area contributed by atoms with Crippen LogP contribution in [-0.4, -0.2) is 33.9 Å². The summed E-state index contributed by atoms with van der Waals surface area (Å²) in [6.45, 7) is -0.408. The van der Waals surface area contributed by atoms with Crippen LogP contribution in [0.25, 0.3) is 0 Å². The lowest BCUT2D eigenvalue weighted by Crippen LogP contribution is -2.37. The van der Waals surface area contributed by atoms with Crippen molar-refractivity contribution in [3.8, 4) is 11.5 Å². The first-order valence-electron chi connectivity index (χ1n) is 7.36. The number of carbonyl (C=O) groups excluding carboxylic acids is 1. The largest absolute Gasteiger partial charge is 0.454 e. The molecule has 0 aliphatic carbocycles. The van der Waals surface area contributed by atoms with Crippen LogP contribution in [0.15, 0.2) is 36.4 Å². The van der Waals surface area contributed by atoms with Crippen LogP contribution < -0.4 is 19.1 Å². The van der Waals surface area contributed by atoms with Crippen molar-refractivity contribution in [3.05, 3.63) is 47.2 Å². The fourth-order valence-electron chi connectivity index (χ4n) is 2.35. The van der Waals surface area contributed by atoms with Crippen LogP contribution in [0.3, 0.4) is 0 Å². The highest BCUT2D eigenvalue weighted by Crippen LogP contribution is 2.34. The summed E-state index contributed by atoms with van der Waals surface area (Å²) in [6, 6.07) is 8.21. The molecular weight excluding hydrogens is 387 g/mol. The van der Waals surface area contributed by atoms with Crippen molar-refractivity contribution in [2.75, 3.05) is 29.2 Å². The summed E-state index contributed by atoms with van der Waals surface area (Å²) in [6.07, 6.45) is 0.943. The Morgan fingerprint density at radius 2 is 1.96 bits per heavy atom. The number of carbonyl (C=O) groups is 1. The van der Waals surface area contributed by atoms with Crippen molar-refractivity contribution < 1.29 is 27.1 Å². The Labute approximate surface area is 154 Å². The quantitative estimate of drug-likeness (QED) is 0.833. The van der Waals surface area contributed by atoms with E-state index in [2.05, 4.69) is 5.32 Å². The normalized spacial score (nSPS) is 12.7. The van der Waals surface area contributed by atoms with Gasteiger partial charge in [-0.25, -0.2) is 12.8 Å². The molecule has 1 heterocycles. The van der Waals surface area contributed by atoms with Gasteiger partial charge >= 0.3 is 0 Å². The molecule has 26 heavy (non-hydrogen) atoms. The minimum absolute atomic E-state index is 0.0831. The molecule has 1 amide bonds. The number of anilines is 2. The molecule has 2 aromatic carbocycles. The monoisotopic (exact) mass is 400 g/mol. The van der Waals surface area contributed by atoms with Crippen LogP contribution >= 0.6 is 11.6 Å². The first-order chi connectivity index (χ1) is 12.2. The number of benzene rings is 2. The Bertz CT molecular complexity index is 967. The number of amides is 1. The lowest BCUT2D eigenvalue weighted by atomic mass is 10.2. The van der Waals surface area contributed by atoms with Gasteiger partial charge in [-0.1, -0.05) is 11.6 Å². The average Bonchev–Trinajstić information content (AvgIpc) is 3.02. The first-order valence-corrected chi connectivity index (χ1v) is 9.59. The molecule has 0 spiro atoms. The maximum absolute atomic E-state index is 13.3. The van der Waals surface area contributed by atoms with Gasteiger partial charge < -0.3 is 14.8 Å². The summed E-state index contributed by atoms with van der Waals surface area (Å²) < 4.78 is 48.6. The van der Waals surface area contributed by atoms with Gasteiger partial charge in [0.15, 0.2) is 11.5 Å². The second-order valence-corrected chi connectivity index (χ2v) is 7.80. The standard InChI is InChI=1S/C16H14ClFN2O5S/c1-26(22,23)20(11-3-4-13(18)12(17)7-11)8-16(21)19-10-2-5-14-15(6-10)25-9-24-14/h2-7H,8-9H2,1H3,(H,19,21). The fraction of sp³-hybridized carbons (Fsp3) is 0.188. The van der Waals surface area contributed by atoms with Crippen LogP contribution in [0.2, 0.25) is 5.02 Å². The molecule has 0 radical (unpaired) electrons. The molecule has 10 heteroatoms. The van der Waals surface area contributed by atoms with Crippen molar-refractivity contribution in [1.29, 1.82) is 0 Å². The van der Waals surface area contributed by atoms with E-state index in [1.807, 2.05) is 0 Å². The third kappa shape index (κ3) is 4.00. The summed E-state index contributed by atoms with van der Waals surface area (Å²) in [4.78, 5) is 12.3. The van der Waals surface area contributed by atoms with Gasteiger partial charge in [-0.3, -0.25) is 9.10 Å². The van der Waals surface area contributed by atoms with E-state index in [1.165, 1.54) is 6.07 Å². The van der Waals surface area contributed by atoms with Crippen molar-refractivity contribution in [3.63, 3.8) is 0 Å². The lowest BCUT2D eigenvalue weighted by molar-refractivity contribution is -0.114. The lowest BCUT2D eigenvalue weighted by Gasteiger charge is -2.22. The van der Waals surface area contributed by atoms with E-state index in [-0.39, 0.29) is 17.5 Å². The van der Waals surface area contributed by atoms with E-state index in [4.69, 9.17) is 21.1 Å². The molecule has 2 aromatic rings. The number of sulfonamides is 1.